The second kappa shape index (κ2) is 5.82. The Kier molecular flexibility index (Phi) is 4.51. The summed E-state index contributed by atoms with van der Waals surface area (Å²) in [4.78, 5) is 11.5. The first-order valence-corrected chi connectivity index (χ1v) is 9.97. The molecule has 0 aliphatic carbocycles. The van der Waals surface area contributed by atoms with Crippen molar-refractivity contribution in [1.82, 2.24) is 5.32 Å². The number of rotatable bonds is 4. The van der Waals surface area contributed by atoms with Crippen LogP contribution in [0.3, 0.4) is 0 Å². The molecular weight excluding hydrogens is 352 g/mol. The molecule has 1 aliphatic rings. The standard InChI is InChI=1S/C13H15F2NO5S2/c1-13(6-7-22(18,19)8-13)16-11(17)9-2-4-10(5-3-9)23(20,21)12(14)15/h2-5,12H,6-8H2,1H3,(H,16,17)/t13-/m0/s1. The molecule has 1 atom stereocenters. The van der Waals surface area contributed by atoms with Gasteiger partial charge < -0.3 is 5.32 Å². The summed E-state index contributed by atoms with van der Waals surface area (Å²) < 4.78 is 70.4. The minimum absolute atomic E-state index is 0.0185. The minimum Gasteiger partial charge on any atom is -0.346 e. The van der Waals surface area contributed by atoms with Gasteiger partial charge in [-0.2, -0.15) is 8.78 Å². The van der Waals surface area contributed by atoms with E-state index in [1.807, 2.05) is 0 Å². The van der Waals surface area contributed by atoms with E-state index in [1.54, 1.807) is 6.92 Å². The largest absolute Gasteiger partial charge is 0.346 e. The van der Waals surface area contributed by atoms with Gasteiger partial charge in [-0.3, -0.25) is 4.79 Å². The van der Waals surface area contributed by atoms with E-state index >= 15 is 0 Å². The molecule has 1 fully saturated rings. The van der Waals surface area contributed by atoms with Crippen LogP contribution in [0.5, 0.6) is 0 Å². The zero-order chi connectivity index (χ0) is 17.5. The van der Waals surface area contributed by atoms with Crippen molar-refractivity contribution in [2.45, 2.75) is 29.5 Å². The van der Waals surface area contributed by atoms with Gasteiger partial charge >= 0.3 is 5.76 Å². The lowest BCUT2D eigenvalue weighted by Gasteiger charge is -2.23. The second-order valence-corrected chi connectivity index (χ2v) is 9.79. The van der Waals surface area contributed by atoms with E-state index in [1.165, 1.54) is 0 Å². The SMILES string of the molecule is C[C@]1(NC(=O)c2ccc(S(=O)(=O)C(F)F)cc2)CCS(=O)(=O)C1. The van der Waals surface area contributed by atoms with Crippen molar-refractivity contribution >= 4 is 25.6 Å². The summed E-state index contributed by atoms with van der Waals surface area (Å²) in [5.74, 6) is -4.32. The fourth-order valence-corrected chi connectivity index (χ4v) is 5.17. The Morgan fingerprint density at radius 1 is 1.26 bits per heavy atom. The maximum atomic E-state index is 12.4. The molecule has 6 nitrogen and oxygen atoms in total. The highest BCUT2D eigenvalue weighted by Crippen LogP contribution is 2.24. The maximum absolute atomic E-state index is 12.4. The maximum Gasteiger partial charge on any atom is 0.341 e. The van der Waals surface area contributed by atoms with Crippen LogP contribution in [0.25, 0.3) is 0 Å². The molecule has 128 valence electrons. The van der Waals surface area contributed by atoms with Crippen LogP contribution in [0.15, 0.2) is 29.2 Å². The number of amides is 1. The Hall–Kier alpha value is -1.55. The van der Waals surface area contributed by atoms with Crippen molar-refractivity contribution in [3.05, 3.63) is 29.8 Å². The van der Waals surface area contributed by atoms with Gasteiger partial charge in [0.2, 0.25) is 9.84 Å². The van der Waals surface area contributed by atoms with E-state index in [4.69, 9.17) is 0 Å². The van der Waals surface area contributed by atoms with Gasteiger partial charge in [0.25, 0.3) is 5.91 Å². The zero-order valence-corrected chi connectivity index (χ0v) is 13.8. The summed E-state index contributed by atoms with van der Waals surface area (Å²) in [5.41, 5.74) is -0.840. The third-order valence-electron chi connectivity index (χ3n) is 3.60. The van der Waals surface area contributed by atoms with Crippen molar-refractivity contribution in [1.29, 1.82) is 0 Å². The Morgan fingerprint density at radius 3 is 2.26 bits per heavy atom. The molecule has 0 radical (unpaired) electrons. The molecule has 0 bridgehead atoms. The number of carbonyl (C=O) groups excluding carboxylic acids is 1. The third-order valence-corrected chi connectivity index (χ3v) is 6.90. The van der Waals surface area contributed by atoms with E-state index in [2.05, 4.69) is 5.32 Å². The van der Waals surface area contributed by atoms with E-state index < -0.39 is 41.8 Å². The number of nitrogens with one attached hydrogen (secondary N) is 1. The van der Waals surface area contributed by atoms with Crippen molar-refractivity contribution in [3.8, 4) is 0 Å². The molecular formula is C13H15F2NO5S2. The van der Waals surface area contributed by atoms with Crippen molar-refractivity contribution in [3.63, 3.8) is 0 Å². The summed E-state index contributed by atoms with van der Waals surface area (Å²) in [6, 6.07) is 4.06. The average Bonchev–Trinajstić information content (AvgIpc) is 2.72. The molecule has 1 saturated heterocycles. The number of hydrogen-bond acceptors (Lipinski definition) is 5. The summed E-state index contributed by atoms with van der Waals surface area (Å²) >= 11 is 0. The summed E-state index contributed by atoms with van der Waals surface area (Å²) in [7, 11) is -7.91. The first-order valence-electron chi connectivity index (χ1n) is 6.60. The Labute approximate surface area is 132 Å². The molecule has 1 aliphatic heterocycles. The highest BCUT2D eigenvalue weighted by atomic mass is 32.2. The predicted octanol–water partition coefficient (Wildman–Crippen LogP) is 0.990. The van der Waals surface area contributed by atoms with E-state index in [-0.39, 0.29) is 23.5 Å². The van der Waals surface area contributed by atoms with E-state index in [0.29, 0.717) is 0 Å². The molecule has 1 heterocycles. The quantitative estimate of drug-likeness (QED) is 0.856. The smallest absolute Gasteiger partial charge is 0.341 e. The predicted molar refractivity (Wildman–Crippen MR) is 78.8 cm³/mol. The van der Waals surface area contributed by atoms with Gasteiger partial charge in [-0.05, 0) is 37.6 Å². The van der Waals surface area contributed by atoms with Crippen LogP contribution >= 0.6 is 0 Å². The van der Waals surface area contributed by atoms with Gasteiger partial charge in [-0.1, -0.05) is 0 Å². The van der Waals surface area contributed by atoms with Crippen molar-refractivity contribution < 1.29 is 30.4 Å². The normalized spacial score (nSPS) is 23.8. The lowest BCUT2D eigenvalue weighted by atomic mass is 10.0. The van der Waals surface area contributed by atoms with Crippen LogP contribution in [-0.4, -0.2) is 45.5 Å². The lowest BCUT2D eigenvalue weighted by molar-refractivity contribution is 0.0915. The van der Waals surface area contributed by atoms with Crippen molar-refractivity contribution in [2.75, 3.05) is 11.5 Å². The van der Waals surface area contributed by atoms with Gasteiger partial charge in [-0.25, -0.2) is 16.8 Å². The molecule has 0 saturated carbocycles. The molecule has 2 rings (SSSR count). The van der Waals surface area contributed by atoms with Crippen LogP contribution in [-0.2, 0) is 19.7 Å². The fourth-order valence-electron chi connectivity index (χ4n) is 2.35. The Balaban J connectivity index is 2.16. The Morgan fingerprint density at radius 2 is 1.83 bits per heavy atom. The summed E-state index contributed by atoms with van der Waals surface area (Å²) in [6.07, 6.45) is 0.277. The number of halogens is 2. The van der Waals surface area contributed by atoms with E-state index in [0.717, 1.165) is 24.3 Å². The van der Waals surface area contributed by atoms with Gasteiger partial charge in [0.05, 0.1) is 21.9 Å². The van der Waals surface area contributed by atoms with E-state index in [9.17, 15) is 30.4 Å². The number of sulfone groups is 2. The molecule has 0 aromatic heterocycles. The molecule has 1 N–H and O–H groups in total. The zero-order valence-electron chi connectivity index (χ0n) is 12.1. The van der Waals surface area contributed by atoms with Gasteiger partial charge in [-0.15, -0.1) is 0 Å². The average molecular weight is 367 g/mol. The second-order valence-electron chi connectivity index (χ2n) is 5.69. The highest BCUT2D eigenvalue weighted by Gasteiger charge is 2.39. The monoisotopic (exact) mass is 367 g/mol. The van der Waals surface area contributed by atoms with Gasteiger partial charge in [0.15, 0.2) is 9.84 Å². The topological polar surface area (TPSA) is 97.4 Å². The molecule has 0 spiro atoms. The lowest BCUT2D eigenvalue weighted by Crippen LogP contribution is -2.46. The Bertz CT molecular complexity index is 818. The summed E-state index contributed by atoms with van der Waals surface area (Å²) in [5, 5.41) is 2.59. The van der Waals surface area contributed by atoms with Crippen molar-refractivity contribution in [2.24, 2.45) is 0 Å². The van der Waals surface area contributed by atoms with Crippen LogP contribution in [0.2, 0.25) is 0 Å². The van der Waals surface area contributed by atoms with Gasteiger partial charge in [0, 0.05) is 5.56 Å². The number of carbonyl (C=O) groups is 1. The first kappa shape index (κ1) is 17.8. The summed E-state index contributed by atoms with van der Waals surface area (Å²) in [6.45, 7) is 1.60. The minimum atomic E-state index is -4.71. The van der Waals surface area contributed by atoms with Crippen LogP contribution in [0, 0.1) is 0 Å². The number of hydrogen-bond donors (Lipinski definition) is 1. The first-order chi connectivity index (χ1) is 10.5. The van der Waals surface area contributed by atoms with Crippen LogP contribution in [0.1, 0.15) is 23.7 Å². The fraction of sp³-hybridized carbons (Fsp3) is 0.462. The van der Waals surface area contributed by atoms with Crippen LogP contribution in [0.4, 0.5) is 8.78 Å². The third kappa shape index (κ3) is 3.86. The van der Waals surface area contributed by atoms with Crippen LogP contribution < -0.4 is 5.32 Å². The molecule has 10 heteroatoms. The number of benzene rings is 1. The van der Waals surface area contributed by atoms with Gasteiger partial charge in [0.1, 0.15) is 0 Å². The molecule has 1 aromatic rings. The number of alkyl halides is 2. The molecule has 23 heavy (non-hydrogen) atoms. The molecule has 0 unspecified atom stereocenters. The highest BCUT2D eigenvalue weighted by molar-refractivity contribution is 7.92. The molecule has 1 amide bonds. The molecule has 1 aromatic carbocycles.